The first-order valence-electron chi connectivity index (χ1n) is 7.60. The molecule has 22 heavy (non-hydrogen) atoms. The van der Waals surface area contributed by atoms with Crippen molar-refractivity contribution in [1.29, 1.82) is 0 Å². The van der Waals surface area contributed by atoms with Crippen molar-refractivity contribution in [2.24, 2.45) is 5.92 Å². The number of hydrogen-bond acceptors (Lipinski definition) is 6. The lowest BCUT2D eigenvalue weighted by Gasteiger charge is -2.34. The molecule has 1 amide bonds. The van der Waals surface area contributed by atoms with Gasteiger partial charge in [-0.1, -0.05) is 0 Å². The van der Waals surface area contributed by atoms with Gasteiger partial charge in [0.2, 0.25) is 11.9 Å². The fraction of sp³-hybridized carbons (Fsp3) is 0.600. The summed E-state index contributed by atoms with van der Waals surface area (Å²) in [6.07, 6.45) is 4.84. The van der Waals surface area contributed by atoms with Gasteiger partial charge in [-0.2, -0.15) is 0 Å². The van der Waals surface area contributed by atoms with Crippen LogP contribution in [0.1, 0.15) is 26.7 Å². The summed E-state index contributed by atoms with van der Waals surface area (Å²) in [5.74, 6) is -0.211. The number of hydrogen-bond donors (Lipinski definition) is 1. The number of carbonyl (C=O) groups excluding carboxylic acids is 2. The van der Waals surface area contributed by atoms with Gasteiger partial charge in [0.05, 0.1) is 18.6 Å². The van der Waals surface area contributed by atoms with Crippen molar-refractivity contribution >= 4 is 17.8 Å². The van der Waals surface area contributed by atoms with Crippen LogP contribution in [0, 0.1) is 5.92 Å². The molecular formula is C15H22N4O3. The van der Waals surface area contributed by atoms with Gasteiger partial charge in [0.15, 0.2) is 0 Å². The summed E-state index contributed by atoms with van der Waals surface area (Å²) in [4.78, 5) is 34.1. The second-order valence-corrected chi connectivity index (χ2v) is 5.32. The summed E-state index contributed by atoms with van der Waals surface area (Å²) < 4.78 is 5.08. The van der Waals surface area contributed by atoms with E-state index in [1.165, 1.54) is 0 Å². The number of aromatic nitrogens is 2. The monoisotopic (exact) mass is 306 g/mol. The molecule has 0 spiro atoms. The Morgan fingerprint density at radius 1 is 1.45 bits per heavy atom. The fourth-order valence-corrected chi connectivity index (χ4v) is 2.55. The van der Waals surface area contributed by atoms with Crippen LogP contribution in [0.4, 0.5) is 5.95 Å². The second-order valence-electron chi connectivity index (χ2n) is 5.32. The molecule has 1 saturated heterocycles. The Labute approximate surface area is 130 Å². The molecule has 1 aromatic rings. The standard InChI is InChI=1S/C15H22N4O3/c1-3-22-14(21)12-6-4-9-19(10-12)11(2)13(20)18-15-16-7-5-8-17-15/h5,7-8,11-12H,3-4,6,9-10H2,1-2H3,(H,16,17,18,20)/t11-,12+/m0/s1. The molecule has 0 aliphatic carbocycles. The molecule has 2 atom stereocenters. The smallest absolute Gasteiger partial charge is 0.310 e. The summed E-state index contributed by atoms with van der Waals surface area (Å²) in [5, 5.41) is 2.69. The van der Waals surface area contributed by atoms with E-state index in [0.29, 0.717) is 19.1 Å². The number of carbonyl (C=O) groups is 2. The van der Waals surface area contributed by atoms with Gasteiger partial charge in [0.1, 0.15) is 0 Å². The number of nitrogens with one attached hydrogen (secondary N) is 1. The summed E-state index contributed by atoms with van der Waals surface area (Å²) >= 11 is 0. The summed E-state index contributed by atoms with van der Waals surface area (Å²) in [6.45, 7) is 5.35. The van der Waals surface area contributed by atoms with Gasteiger partial charge in [0, 0.05) is 18.9 Å². The Morgan fingerprint density at radius 3 is 2.86 bits per heavy atom. The van der Waals surface area contributed by atoms with Crippen LogP contribution >= 0.6 is 0 Å². The maximum atomic E-state index is 12.3. The van der Waals surface area contributed by atoms with Crippen LogP contribution in [-0.4, -0.2) is 52.5 Å². The number of nitrogens with zero attached hydrogens (tertiary/aromatic N) is 3. The van der Waals surface area contributed by atoms with Gasteiger partial charge < -0.3 is 4.74 Å². The predicted molar refractivity (Wildman–Crippen MR) is 81.1 cm³/mol. The first-order valence-corrected chi connectivity index (χ1v) is 7.60. The summed E-state index contributed by atoms with van der Waals surface area (Å²) in [7, 11) is 0. The zero-order valence-corrected chi connectivity index (χ0v) is 13.0. The average molecular weight is 306 g/mol. The molecule has 0 unspecified atom stereocenters. The van der Waals surface area contributed by atoms with Gasteiger partial charge in [-0.05, 0) is 39.3 Å². The molecule has 1 aliphatic heterocycles. The van der Waals surface area contributed by atoms with E-state index < -0.39 is 0 Å². The minimum absolute atomic E-state index is 0.156. The van der Waals surface area contributed by atoms with Crippen LogP contribution in [0.2, 0.25) is 0 Å². The molecule has 7 nitrogen and oxygen atoms in total. The third-order valence-electron chi connectivity index (χ3n) is 3.80. The van der Waals surface area contributed by atoms with E-state index in [4.69, 9.17) is 4.74 Å². The first-order chi connectivity index (χ1) is 10.6. The van der Waals surface area contributed by atoms with Gasteiger partial charge in [0.25, 0.3) is 0 Å². The minimum atomic E-state index is -0.346. The van der Waals surface area contributed by atoms with Crippen molar-refractivity contribution < 1.29 is 14.3 Å². The highest BCUT2D eigenvalue weighted by Gasteiger charge is 2.31. The van der Waals surface area contributed by atoms with Crippen molar-refractivity contribution in [2.75, 3.05) is 25.0 Å². The molecule has 0 bridgehead atoms. The zero-order valence-electron chi connectivity index (χ0n) is 13.0. The number of piperidine rings is 1. The SMILES string of the molecule is CCOC(=O)[C@@H]1CCCN([C@@H](C)C(=O)Nc2ncccn2)C1. The second kappa shape index (κ2) is 7.84. The van der Waals surface area contributed by atoms with Crippen molar-refractivity contribution in [3.63, 3.8) is 0 Å². The van der Waals surface area contributed by atoms with Crippen LogP contribution in [-0.2, 0) is 14.3 Å². The first kappa shape index (κ1) is 16.4. The molecule has 0 saturated carbocycles. The zero-order chi connectivity index (χ0) is 15.9. The Bertz CT molecular complexity index is 509. The minimum Gasteiger partial charge on any atom is -0.466 e. The summed E-state index contributed by atoms with van der Waals surface area (Å²) in [6, 6.07) is 1.34. The van der Waals surface area contributed by atoms with Crippen molar-refractivity contribution in [3.8, 4) is 0 Å². The van der Waals surface area contributed by atoms with E-state index in [0.717, 1.165) is 19.4 Å². The molecule has 1 N–H and O–H groups in total. The van der Waals surface area contributed by atoms with Gasteiger partial charge >= 0.3 is 5.97 Å². The molecule has 2 heterocycles. The molecule has 0 aromatic carbocycles. The highest BCUT2D eigenvalue weighted by molar-refractivity contribution is 5.93. The van der Waals surface area contributed by atoms with E-state index >= 15 is 0 Å². The molecule has 1 fully saturated rings. The highest BCUT2D eigenvalue weighted by atomic mass is 16.5. The van der Waals surface area contributed by atoms with Crippen LogP contribution < -0.4 is 5.32 Å². The van der Waals surface area contributed by atoms with Crippen LogP contribution in [0.3, 0.4) is 0 Å². The molecule has 1 aliphatic rings. The van der Waals surface area contributed by atoms with E-state index in [9.17, 15) is 9.59 Å². The molecule has 120 valence electrons. The Hall–Kier alpha value is -2.02. The molecule has 0 radical (unpaired) electrons. The Balaban J connectivity index is 1.92. The number of ether oxygens (including phenoxy) is 1. The largest absolute Gasteiger partial charge is 0.466 e. The third kappa shape index (κ3) is 4.24. The molecule has 2 rings (SSSR count). The highest BCUT2D eigenvalue weighted by Crippen LogP contribution is 2.20. The predicted octanol–water partition coefficient (Wildman–Crippen LogP) is 1.08. The van der Waals surface area contributed by atoms with Crippen molar-refractivity contribution in [3.05, 3.63) is 18.5 Å². The lowest BCUT2D eigenvalue weighted by molar-refractivity contribution is -0.150. The summed E-state index contributed by atoms with van der Waals surface area (Å²) in [5.41, 5.74) is 0. The van der Waals surface area contributed by atoms with Gasteiger partial charge in [-0.3, -0.25) is 19.8 Å². The average Bonchev–Trinajstić information content (AvgIpc) is 2.55. The quantitative estimate of drug-likeness (QED) is 0.819. The number of amides is 1. The Kier molecular flexibility index (Phi) is 5.83. The fourth-order valence-electron chi connectivity index (χ4n) is 2.55. The van der Waals surface area contributed by atoms with Gasteiger partial charge in [-0.15, -0.1) is 0 Å². The molecule has 1 aromatic heterocycles. The van der Waals surface area contributed by atoms with Crippen LogP contribution in [0.15, 0.2) is 18.5 Å². The Morgan fingerprint density at radius 2 is 2.18 bits per heavy atom. The number of anilines is 1. The van der Waals surface area contributed by atoms with Crippen molar-refractivity contribution in [1.82, 2.24) is 14.9 Å². The number of rotatable bonds is 5. The molecular weight excluding hydrogens is 284 g/mol. The topological polar surface area (TPSA) is 84.4 Å². The number of esters is 1. The van der Waals surface area contributed by atoms with E-state index in [-0.39, 0.29) is 23.8 Å². The maximum Gasteiger partial charge on any atom is 0.310 e. The van der Waals surface area contributed by atoms with Gasteiger partial charge in [-0.25, -0.2) is 9.97 Å². The van der Waals surface area contributed by atoms with E-state index in [1.807, 2.05) is 11.8 Å². The normalized spacial score (nSPS) is 20.2. The third-order valence-corrected chi connectivity index (χ3v) is 3.80. The lowest BCUT2D eigenvalue weighted by Crippen LogP contribution is -2.48. The van der Waals surface area contributed by atoms with Crippen LogP contribution in [0.5, 0.6) is 0 Å². The maximum absolute atomic E-state index is 12.3. The van der Waals surface area contributed by atoms with Crippen LogP contribution in [0.25, 0.3) is 0 Å². The van der Waals surface area contributed by atoms with E-state index in [1.54, 1.807) is 25.4 Å². The number of likely N-dealkylation sites (tertiary alicyclic amines) is 1. The molecule has 7 heteroatoms. The lowest BCUT2D eigenvalue weighted by atomic mass is 9.97. The van der Waals surface area contributed by atoms with Crippen molar-refractivity contribution in [2.45, 2.75) is 32.7 Å². The van der Waals surface area contributed by atoms with E-state index in [2.05, 4.69) is 15.3 Å².